The first-order valence-electron chi connectivity index (χ1n) is 7.44. The highest BCUT2D eigenvalue weighted by atomic mass is 35.5. The van der Waals surface area contributed by atoms with Crippen LogP contribution in [0.2, 0.25) is 5.02 Å². The molecule has 0 bridgehead atoms. The molecule has 0 heterocycles. The quantitative estimate of drug-likeness (QED) is 0.782. The van der Waals surface area contributed by atoms with Gasteiger partial charge in [-0.3, -0.25) is 0 Å². The lowest BCUT2D eigenvalue weighted by Gasteiger charge is -2.32. The first-order chi connectivity index (χ1) is 10.1. The third kappa shape index (κ3) is 5.20. The van der Waals surface area contributed by atoms with Crippen molar-refractivity contribution in [2.24, 2.45) is 0 Å². The van der Waals surface area contributed by atoms with E-state index in [-0.39, 0.29) is 12.4 Å². The van der Waals surface area contributed by atoms with Crippen molar-refractivity contribution in [3.05, 3.63) is 65.2 Å². The van der Waals surface area contributed by atoms with E-state index >= 15 is 0 Å². The van der Waals surface area contributed by atoms with Crippen molar-refractivity contribution in [1.29, 1.82) is 0 Å². The summed E-state index contributed by atoms with van der Waals surface area (Å²) in [6.07, 6.45) is 0. The standard InChI is InChI=1S/C18H23ClN2.ClH/c1-15(16-9-11-17(19)12-10-16)21(14-13-20(2)3)18-7-5-4-6-8-18;/h4-12,15H,13-14H2,1-3H3;1H. The summed E-state index contributed by atoms with van der Waals surface area (Å²) >= 11 is 6.00. The van der Waals surface area contributed by atoms with Crippen LogP contribution in [0.4, 0.5) is 5.69 Å². The number of rotatable bonds is 6. The molecule has 1 N–H and O–H groups in total. The lowest BCUT2D eigenvalue weighted by atomic mass is 10.1. The Morgan fingerprint density at radius 2 is 1.59 bits per heavy atom. The van der Waals surface area contributed by atoms with E-state index in [0.717, 1.165) is 18.1 Å². The van der Waals surface area contributed by atoms with Crippen LogP contribution in [0.3, 0.4) is 0 Å². The minimum absolute atomic E-state index is 0. The third-order valence-electron chi connectivity index (χ3n) is 3.76. The second-order valence-electron chi connectivity index (χ2n) is 5.71. The minimum Gasteiger partial charge on any atom is -1.00 e. The fraction of sp³-hybridized carbons (Fsp3) is 0.333. The van der Waals surface area contributed by atoms with Crippen LogP contribution in [-0.2, 0) is 0 Å². The number of para-hydroxylation sites is 1. The molecule has 0 fully saturated rings. The molecule has 0 saturated heterocycles. The summed E-state index contributed by atoms with van der Waals surface area (Å²) in [6.45, 7) is 4.38. The van der Waals surface area contributed by atoms with Gasteiger partial charge in [0.2, 0.25) is 0 Å². The predicted molar refractivity (Wildman–Crippen MR) is 91.3 cm³/mol. The van der Waals surface area contributed by atoms with Gasteiger partial charge in [-0.2, -0.15) is 0 Å². The lowest BCUT2D eigenvalue weighted by Crippen LogP contribution is -3.06. The first kappa shape index (κ1) is 18.8. The van der Waals surface area contributed by atoms with Crippen LogP contribution < -0.4 is 22.2 Å². The van der Waals surface area contributed by atoms with Gasteiger partial charge in [-0.25, -0.2) is 0 Å². The van der Waals surface area contributed by atoms with E-state index in [1.165, 1.54) is 16.2 Å². The molecule has 0 aliphatic rings. The summed E-state index contributed by atoms with van der Waals surface area (Å²) in [5.41, 5.74) is 2.55. The fourth-order valence-electron chi connectivity index (χ4n) is 2.43. The van der Waals surface area contributed by atoms with Crippen LogP contribution in [0.25, 0.3) is 0 Å². The van der Waals surface area contributed by atoms with Gasteiger partial charge in [0.1, 0.15) is 0 Å². The van der Waals surface area contributed by atoms with E-state index in [9.17, 15) is 0 Å². The molecule has 0 amide bonds. The molecular formula is C18H24Cl2N2. The van der Waals surface area contributed by atoms with Crippen molar-refractivity contribution in [3.8, 4) is 0 Å². The number of nitrogens with one attached hydrogen (secondary N) is 1. The lowest BCUT2D eigenvalue weighted by molar-refractivity contribution is -0.856. The zero-order valence-electron chi connectivity index (χ0n) is 13.4. The summed E-state index contributed by atoms with van der Waals surface area (Å²) in [6, 6.07) is 19.1. The number of benzene rings is 2. The second-order valence-corrected chi connectivity index (χ2v) is 6.15. The number of nitrogens with zero attached hydrogens (tertiary/aromatic N) is 1. The van der Waals surface area contributed by atoms with Crippen molar-refractivity contribution < 1.29 is 17.3 Å². The Morgan fingerprint density at radius 1 is 1.00 bits per heavy atom. The van der Waals surface area contributed by atoms with Gasteiger partial charge in [-0.05, 0) is 36.8 Å². The maximum Gasteiger partial charge on any atom is 0.0945 e. The van der Waals surface area contributed by atoms with E-state index in [2.05, 4.69) is 68.4 Å². The molecule has 1 unspecified atom stereocenters. The molecular weight excluding hydrogens is 315 g/mol. The fourth-order valence-corrected chi connectivity index (χ4v) is 2.56. The van der Waals surface area contributed by atoms with Gasteiger partial charge in [-0.1, -0.05) is 41.9 Å². The summed E-state index contributed by atoms with van der Waals surface area (Å²) in [7, 11) is 4.38. The van der Waals surface area contributed by atoms with Crippen LogP contribution in [0.5, 0.6) is 0 Å². The Morgan fingerprint density at radius 3 is 2.14 bits per heavy atom. The maximum atomic E-state index is 6.00. The number of quaternary nitrogens is 1. The maximum absolute atomic E-state index is 6.00. The number of halogens is 2. The van der Waals surface area contributed by atoms with Crippen molar-refractivity contribution in [2.45, 2.75) is 13.0 Å². The SMILES string of the molecule is CC(c1ccc(Cl)cc1)N(CC[NH+](C)C)c1ccccc1.[Cl-]. The summed E-state index contributed by atoms with van der Waals surface area (Å²) in [5.74, 6) is 0. The molecule has 2 nitrogen and oxygen atoms in total. The van der Waals surface area contributed by atoms with Crippen molar-refractivity contribution in [1.82, 2.24) is 0 Å². The molecule has 0 aromatic heterocycles. The average molecular weight is 339 g/mol. The number of hydrogen-bond donors (Lipinski definition) is 1. The van der Waals surface area contributed by atoms with E-state index in [1.54, 1.807) is 0 Å². The molecule has 2 aromatic carbocycles. The van der Waals surface area contributed by atoms with Gasteiger partial charge >= 0.3 is 0 Å². The van der Waals surface area contributed by atoms with Crippen LogP contribution >= 0.6 is 11.6 Å². The van der Waals surface area contributed by atoms with Crippen LogP contribution in [0.15, 0.2) is 54.6 Å². The zero-order valence-corrected chi connectivity index (χ0v) is 14.9. The van der Waals surface area contributed by atoms with Gasteiger partial charge in [0, 0.05) is 10.7 Å². The highest BCUT2D eigenvalue weighted by Crippen LogP contribution is 2.27. The van der Waals surface area contributed by atoms with Gasteiger partial charge in [0.05, 0.1) is 33.2 Å². The van der Waals surface area contributed by atoms with Crippen molar-refractivity contribution in [3.63, 3.8) is 0 Å². The molecule has 120 valence electrons. The van der Waals surface area contributed by atoms with E-state index in [0.29, 0.717) is 6.04 Å². The van der Waals surface area contributed by atoms with Gasteiger partial charge in [0.15, 0.2) is 0 Å². The molecule has 0 saturated carbocycles. The predicted octanol–water partition coefficient (Wildman–Crippen LogP) is 0.0561. The van der Waals surface area contributed by atoms with Crippen LogP contribution in [0.1, 0.15) is 18.5 Å². The second kappa shape index (κ2) is 9.04. The van der Waals surface area contributed by atoms with E-state index in [1.807, 2.05) is 12.1 Å². The Hall–Kier alpha value is -1.22. The number of anilines is 1. The largest absolute Gasteiger partial charge is 1.00 e. The highest BCUT2D eigenvalue weighted by Gasteiger charge is 2.17. The van der Waals surface area contributed by atoms with Crippen molar-refractivity contribution in [2.75, 3.05) is 32.1 Å². The van der Waals surface area contributed by atoms with Gasteiger partial charge < -0.3 is 22.2 Å². The smallest absolute Gasteiger partial charge is 0.0945 e. The Kier molecular flexibility index (Phi) is 7.74. The minimum atomic E-state index is 0. The Balaban J connectivity index is 0.00000242. The topological polar surface area (TPSA) is 7.68 Å². The zero-order chi connectivity index (χ0) is 15.2. The molecule has 4 heteroatoms. The Labute approximate surface area is 145 Å². The molecule has 22 heavy (non-hydrogen) atoms. The van der Waals surface area contributed by atoms with E-state index in [4.69, 9.17) is 11.6 Å². The monoisotopic (exact) mass is 338 g/mol. The third-order valence-corrected chi connectivity index (χ3v) is 4.01. The summed E-state index contributed by atoms with van der Waals surface area (Å²) in [4.78, 5) is 3.91. The van der Waals surface area contributed by atoms with Gasteiger partial charge in [0.25, 0.3) is 0 Å². The summed E-state index contributed by atoms with van der Waals surface area (Å²) < 4.78 is 0. The molecule has 0 spiro atoms. The average Bonchev–Trinajstić information content (AvgIpc) is 2.49. The normalized spacial score (nSPS) is 11.9. The summed E-state index contributed by atoms with van der Waals surface area (Å²) in [5, 5.41) is 0.787. The first-order valence-corrected chi connectivity index (χ1v) is 7.82. The highest BCUT2D eigenvalue weighted by molar-refractivity contribution is 6.30. The van der Waals surface area contributed by atoms with E-state index < -0.39 is 0 Å². The van der Waals surface area contributed by atoms with Crippen LogP contribution in [-0.4, -0.2) is 27.2 Å². The van der Waals surface area contributed by atoms with Crippen LogP contribution in [0, 0.1) is 0 Å². The van der Waals surface area contributed by atoms with Crippen molar-refractivity contribution >= 4 is 17.3 Å². The Bertz CT molecular complexity index is 541. The molecule has 0 aliphatic carbocycles. The number of likely N-dealkylation sites (N-methyl/N-ethyl adjacent to an activating group) is 1. The molecule has 2 rings (SSSR count). The molecule has 0 radical (unpaired) electrons. The molecule has 2 aromatic rings. The molecule has 0 aliphatic heterocycles. The molecule has 1 atom stereocenters. The number of hydrogen-bond acceptors (Lipinski definition) is 1. The van der Waals surface area contributed by atoms with Gasteiger partial charge in [-0.15, -0.1) is 0 Å².